The van der Waals surface area contributed by atoms with Gasteiger partial charge in [-0.2, -0.15) is 0 Å². The first-order valence-corrected chi connectivity index (χ1v) is 8.18. The number of rotatable bonds is 5. The molecule has 0 aliphatic carbocycles. The van der Waals surface area contributed by atoms with E-state index >= 15 is 0 Å². The molecule has 2 aromatic heterocycles. The van der Waals surface area contributed by atoms with E-state index in [4.69, 9.17) is 0 Å². The van der Waals surface area contributed by atoms with Crippen molar-refractivity contribution in [2.45, 2.75) is 40.5 Å². The minimum atomic E-state index is -0.0443. The van der Waals surface area contributed by atoms with Crippen molar-refractivity contribution in [3.05, 3.63) is 33.7 Å². The quantitative estimate of drug-likeness (QED) is 0.891. The molecular formula is C16H22BrN3O. The SMILES string of the molecule is CCCc1nc2c(Br)cc(C)cn2c1C(=O)NCC(C)C. The molecule has 0 unspecified atom stereocenters. The first-order chi connectivity index (χ1) is 9.93. The van der Waals surface area contributed by atoms with Crippen LogP contribution in [-0.2, 0) is 6.42 Å². The number of fused-ring (bicyclic) bond motifs is 1. The highest BCUT2D eigenvalue weighted by Gasteiger charge is 2.20. The molecule has 0 aromatic carbocycles. The Bertz CT molecular complexity index is 661. The molecule has 0 fully saturated rings. The molecule has 114 valence electrons. The largest absolute Gasteiger partial charge is 0.350 e. The van der Waals surface area contributed by atoms with E-state index in [2.05, 4.69) is 47.0 Å². The van der Waals surface area contributed by atoms with Crippen LogP contribution in [0.1, 0.15) is 48.9 Å². The van der Waals surface area contributed by atoms with Crippen molar-refractivity contribution in [2.75, 3.05) is 6.54 Å². The maximum absolute atomic E-state index is 12.6. The maximum atomic E-state index is 12.6. The van der Waals surface area contributed by atoms with Gasteiger partial charge < -0.3 is 5.32 Å². The van der Waals surface area contributed by atoms with Crippen molar-refractivity contribution in [1.82, 2.24) is 14.7 Å². The number of carbonyl (C=O) groups excluding carboxylic acids is 1. The molecule has 21 heavy (non-hydrogen) atoms. The average Bonchev–Trinajstić information content (AvgIpc) is 2.75. The minimum absolute atomic E-state index is 0.0443. The number of carbonyl (C=O) groups is 1. The molecule has 0 saturated heterocycles. The molecule has 0 bridgehead atoms. The number of halogens is 1. The lowest BCUT2D eigenvalue weighted by Crippen LogP contribution is -2.29. The number of hydrogen-bond donors (Lipinski definition) is 1. The Labute approximate surface area is 134 Å². The number of amides is 1. The molecule has 2 rings (SSSR count). The molecule has 0 atom stereocenters. The van der Waals surface area contributed by atoms with Crippen LogP contribution in [0.4, 0.5) is 0 Å². The molecule has 2 aromatic rings. The highest BCUT2D eigenvalue weighted by molar-refractivity contribution is 9.10. The van der Waals surface area contributed by atoms with Gasteiger partial charge in [0.2, 0.25) is 0 Å². The third-order valence-corrected chi connectivity index (χ3v) is 3.84. The second-order valence-electron chi connectivity index (χ2n) is 5.82. The first kappa shape index (κ1) is 16.0. The highest BCUT2D eigenvalue weighted by Crippen LogP contribution is 2.23. The van der Waals surface area contributed by atoms with E-state index in [1.165, 1.54) is 0 Å². The smallest absolute Gasteiger partial charge is 0.270 e. The van der Waals surface area contributed by atoms with E-state index < -0.39 is 0 Å². The van der Waals surface area contributed by atoms with Crippen molar-refractivity contribution in [1.29, 1.82) is 0 Å². The van der Waals surface area contributed by atoms with E-state index in [-0.39, 0.29) is 5.91 Å². The van der Waals surface area contributed by atoms with Crippen LogP contribution in [0, 0.1) is 12.8 Å². The molecule has 0 saturated carbocycles. The van der Waals surface area contributed by atoms with Gasteiger partial charge in [0.1, 0.15) is 5.69 Å². The molecular weight excluding hydrogens is 330 g/mol. The van der Waals surface area contributed by atoms with Gasteiger partial charge in [0, 0.05) is 12.7 Å². The monoisotopic (exact) mass is 351 g/mol. The minimum Gasteiger partial charge on any atom is -0.350 e. The van der Waals surface area contributed by atoms with Crippen LogP contribution in [0.3, 0.4) is 0 Å². The Morgan fingerprint density at radius 2 is 2.19 bits per heavy atom. The van der Waals surface area contributed by atoms with Crippen molar-refractivity contribution in [3.63, 3.8) is 0 Å². The fourth-order valence-corrected chi connectivity index (χ4v) is 2.95. The molecule has 0 aliphatic rings. The highest BCUT2D eigenvalue weighted by atomic mass is 79.9. The standard InChI is InChI=1S/C16H22BrN3O/c1-5-6-13-14(16(21)18-8-10(2)3)20-9-11(4)7-12(17)15(20)19-13/h7,9-10H,5-6,8H2,1-4H3,(H,18,21). The van der Waals surface area contributed by atoms with Crippen molar-refractivity contribution in [3.8, 4) is 0 Å². The predicted molar refractivity (Wildman–Crippen MR) is 88.8 cm³/mol. The summed E-state index contributed by atoms with van der Waals surface area (Å²) in [5.74, 6) is 0.383. The first-order valence-electron chi connectivity index (χ1n) is 7.39. The zero-order valence-electron chi connectivity index (χ0n) is 13.0. The van der Waals surface area contributed by atoms with E-state index in [0.29, 0.717) is 18.2 Å². The molecule has 4 nitrogen and oxygen atoms in total. The fraction of sp³-hybridized carbons (Fsp3) is 0.500. The number of nitrogens with zero attached hydrogens (tertiary/aromatic N) is 2. The zero-order chi connectivity index (χ0) is 15.6. The number of hydrogen-bond acceptors (Lipinski definition) is 2. The zero-order valence-corrected chi connectivity index (χ0v) is 14.6. The maximum Gasteiger partial charge on any atom is 0.270 e. The van der Waals surface area contributed by atoms with Gasteiger partial charge in [-0.15, -0.1) is 0 Å². The molecule has 2 heterocycles. The second-order valence-corrected chi connectivity index (χ2v) is 6.67. The van der Waals surface area contributed by atoms with Crippen molar-refractivity contribution >= 4 is 27.5 Å². The Kier molecular flexibility index (Phi) is 5.04. The molecule has 5 heteroatoms. The third kappa shape index (κ3) is 3.46. The number of aryl methyl sites for hydroxylation is 2. The van der Waals surface area contributed by atoms with Gasteiger partial charge in [0.15, 0.2) is 5.65 Å². The summed E-state index contributed by atoms with van der Waals surface area (Å²) in [5.41, 5.74) is 3.42. The lowest BCUT2D eigenvalue weighted by Gasteiger charge is -2.09. The summed E-state index contributed by atoms with van der Waals surface area (Å²) in [6, 6.07) is 2.02. The Hall–Kier alpha value is -1.36. The van der Waals surface area contributed by atoms with Crippen molar-refractivity contribution < 1.29 is 4.79 Å². The summed E-state index contributed by atoms with van der Waals surface area (Å²) in [6.07, 6.45) is 3.74. The Morgan fingerprint density at radius 3 is 2.81 bits per heavy atom. The normalized spacial score (nSPS) is 11.3. The molecule has 0 spiro atoms. The number of nitrogens with one attached hydrogen (secondary N) is 1. The topological polar surface area (TPSA) is 46.4 Å². The van der Waals surface area contributed by atoms with Gasteiger partial charge in [-0.1, -0.05) is 27.2 Å². The van der Waals surface area contributed by atoms with E-state index in [1.54, 1.807) is 0 Å². The van der Waals surface area contributed by atoms with Gasteiger partial charge in [0.05, 0.1) is 10.2 Å². The fourth-order valence-electron chi connectivity index (χ4n) is 2.31. The van der Waals surface area contributed by atoms with Gasteiger partial charge in [-0.05, 0) is 46.8 Å². The van der Waals surface area contributed by atoms with Crippen LogP contribution in [-0.4, -0.2) is 21.8 Å². The molecule has 0 radical (unpaired) electrons. The van der Waals surface area contributed by atoms with Gasteiger partial charge in [0.25, 0.3) is 5.91 Å². The van der Waals surface area contributed by atoms with Gasteiger partial charge in [-0.25, -0.2) is 4.98 Å². The lowest BCUT2D eigenvalue weighted by atomic mass is 10.2. The predicted octanol–water partition coefficient (Wildman–Crippen LogP) is 3.74. The van der Waals surface area contributed by atoms with Crippen LogP contribution >= 0.6 is 15.9 Å². The van der Waals surface area contributed by atoms with Crippen LogP contribution in [0.5, 0.6) is 0 Å². The average molecular weight is 352 g/mol. The summed E-state index contributed by atoms with van der Waals surface area (Å²) < 4.78 is 2.82. The molecule has 1 amide bonds. The van der Waals surface area contributed by atoms with Crippen LogP contribution < -0.4 is 5.32 Å². The summed E-state index contributed by atoms with van der Waals surface area (Å²) in [5, 5.41) is 3.00. The summed E-state index contributed by atoms with van der Waals surface area (Å²) in [7, 11) is 0. The summed E-state index contributed by atoms with van der Waals surface area (Å²) >= 11 is 3.54. The summed E-state index contributed by atoms with van der Waals surface area (Å²) in [4.78, 5) is 17.2. The van der Waals surface area contributed by atoms with E-state index in [0.717, 1.165) is 34.2 Å². The van der Waals surface area contributed by atoms with E-state index in [1.807, 2.05) is 23.6 Å². The number of imidazole rings is 1. The molecule has 1 N–H and O–H groups in total. The number of pyridine rings is 1. The lowest BCUT2D eigenvalue weighted by molar-refractivity contribution is 0.0942. The number of aromatic nitrogens is 2. The molecule has 0 aliphatic heterocycles. The van der Waals surface area contributed by atoms with Crippen molar-refractivity contribution in [2.24, 2.45) is 5.92 Å². The van der Waals surface area contributed by atoms with Crippen LogP contribution in [0.25, 0.3) is 5.65 Å². The van der Waals surface area contributed by atoms with Gasteiger partial charge in [-0.3, -0.25) is 9.20 Å². The van der Waals surface area contributed by atoms with E-state index in [9.17, 15) is 4.79 Å². The Balaban J connectivity index is 2.52. The van der Waals surface area contributed by atoms with Crippen LogP contribution in [0.15, 0.2) is 16.7 Å². The Morgan fingerprint density at radius 1 is 1.48 bits per heavy atom. The second kappa shape index (κ2) is 6.60. The van der Waals surface area contributed by atoms with Gasteiger partial charge >= 0.3 is 0 Å². The third-order valence-electron chi connectivity index (χ3n) is 3.26. The van der Waals surface area contributed by atoms with Crippen LogP contribution in [0.2, 0.25) is 0 Å². The summed E-state index contributed by atoms with van der Waals surface area (Å²) in [6.45, 7) is 8.95.